The van der Waals surface area contributed by atoms with Gasteiger partial charge < -0.3 is 34.6 Å². The average molecular weight is 268 g/mol. The van der Waals surface area contributed by atoms with E-state index in [0.29, 0.717) is 6.61 Å². The monoisotopic (exact) mass is 268 g/mol. The molecule has 0 amide bonds. The Balaban J connectivity index is 3.38. The van der Waals surface area contributed by atoms with Crippen LogP contribution >= 0.6 is 0 Å². The molecule has 4 N–H and O–H groups in total. The second-order valence-corrected chi connectivity index (χ2v) is 3.88. The summed E-state index contributed by atoms with van der Waals surface area (Å²) in [7, 11) is 0. The molecule has 0 bridgehead atoms. The summed E-state index contributed by atoms with van der Waals surface area (Å²) in [5.41, 5.74) is 0. The lowest BCUT2D eigenvalue weighted by Crippen LogP contribution is -2.29. The Labute approximate surface area is 107 Å². The first-order valence-electron chi connectivity index (χ1n) is 5.98. The quantitative estimate of drug-likeness (QED) is 0.328. The highest BCUT2D eigenvalue weighted by Crippen LogP contribution is 1.93. The van der Waals surface area contributed by atoms with Crippen molar-refractivity contribution in [2.45, 2.75) is 25.2 Å². The van der Waals surface area contributed by atoms with E-state index in [4.69, 9.17) is 24.4 Å². The zero-order chi connectivity index (χ0) is 13.8. The molecule has 110 valence electrons. The van der Waals surface area contributed by atoms with Gasteiger partial charge in [-0.1, -0.05) is 0 Å². The van der Waals surface area contributed by atoms with Crippen molar-refractivity contribution in [1.82, 2.24) is 0 Å². The molecule has 0 aromatic heterocycles. The lowest BCUT2D eigenvalue weighted by molar-refractivity contribution is -0.0669. The Morgan fingerprint density at radius 2 is 1.11 bits per heavy atom. The highest BCUT2D eigenvalue weighted by Gasteiger charge is 2.09. The Hall–Kier alpha value is -0.280. The van der Waals surface area contributed by atoms with Crippen LogP contribution < -0.4 is 0 Å². The van der Waals surface area contributed by atoms with Gasteiger partial charge in [-0.05, 0) is 6.92 Å². The van der Waals surface area contributed by atoms with Crippen LogP contribution in [0.25, 0.3) is 0 Å². The smallest absolute Gasteiger partial charge is 0.101 e. The van der Waals surface area contributed by atoms with E-state index in [-0.39, 0.29) is 39.6 Å². The molecule has 0 fully saturated rings. The van der Waals surface area contributed by atoms with Crippen molar-refractivity contribution in [3.05, 3.63) is 0 Å². The van der Waals surface area contributed by atoms with Gasteiger partial charge >= 0.3 is 0 Å². The fraction of sp³-hybridized carbons (Fsp3) is 1.00. The second-order valence-electron chi connectivity index (χ2n) is 3.88. The van der Waals surface area contributed by atoms with Crippen LogP contribution in [-0.4, -0.2) is 85.0 Å². The number of hydrogen-bond acceptors (Lipinski definition) is 7. The highest BCUT2D eigenvalue weighted by atomic mass is 16.5. The van der Waals surface area contributed by atoms with Crippen molar-refractivity contribution in [3.8, 4) is 0 Å². The summed E-state index contributed by atoms with van der Waals surface area (Å²) >= 11 is 0. The first kappa shape index (κ1) is 17.7. The van der Waals surface area contributed by atoms with Crippen LogP contribution in [0.4, 0.5) is 0 Å². The number of hydrogen-bond donors (Lipinski definition) is 4. The Kier molecular flexibility index (Phi) is 11.6. The molecular formula is C11H24O7. The minimum Gasteiger partial charge on any atom is -0.394 e. The van der Waals surface area contributed by atoms with Gasteiger partial charge in [0, 0.05) is 6.61 Å². The number of rotatable bonds is 12. The van der Waals surface area contributed by atoms with Crippen molar-refractivity contribution in [2.24, 2.45) is 0 Å². The summed E-state index contributed by atoms with van der Waals surface area (Å²) in [5, 5.41) is 36.3. The molecule has 3 unspecified atom stereocenters. The van der Waals surface area contributed by atoms with Crippen molar-refractivity contribution in [2.75, 3.05) is 46.2 Å². The van der Waals surface area contributed by atoms with E-state index in [1.54, 1.807) is 0 Å². The maximum atomic E-state index is 9.42. The van der Waals surface area contributed by atoms with E-state index >= 15 is 0 Å². The molecule has 0 aromatic rings. The summed E-state index contributed by atoms with van der Waals surface area (Å²) in [6.45, 7) is 2.24. The first-order valence-corrected chi connectivity index (χ1v) is 5.98. The maximum Gasteiger partial charge on any atom is 0.101 e. The van der Waals surface area contributed by atoms with Gasteiger partial charge in [0.25, 0.3) is 0 Å². The molecular weight excluding hydrogens is 244 g/mol. The average Bonchev–Trinajstić information content (AvgIpc) is 2.36. The zero-order valence-electron chi connectivity index (χ0n) is 10.7. The van der Waals surface area contributed by atoms with Crippen LogP contribution in [0.3, 0.4) is 0 Å². The SMILES string of the molecule is CCOCC(O)COCC(O)COCC(O)CO. The third kappa shape index (κ3) is 10.8. The fourth-order valence-corrected chi connectivity index (χ4v) is 1.08. The summed E-state index contributed by atoms with van der Waals surface area (Å²) in [6, 6.07) is 0. The molecule has 0 saturated carbocycles. The predicted octanol–water partition coefficient (Wildman–Crippen LogP) is -1.87. The van der Waals surface area contributed by atoms with E-state index in [9.17, 15) is 10.2 Å². The molecule has 0 aliphatic rings. The third-order valence-electron chi connectivity index (χ3n) is 1.97. The van der Waals surface area contributed by atoms with Crippen molar-refractivity contribution < 1.29 is 34.6 Å². The van der Waals surface area contributed by atoms with Crippen LogP contribution in [0.2, 0.25) is 0 Å². The Morgan fingerprint density at radius 1 is 0.722 bits per heavy atom. The lowest BCUT2D eigenvalue weighted by Gasteiger charge is -2.15. The minimum absolute atomic E-state index is 0.00137. The van der Waals surface area contributed by atoms with Crippen LogP contribution in [0.15, 0.2) is 0 Å². The molecule has 0 heterocycles. The number of ether oxygens (including phenoxy) is 3. The lowest BCUT2D eigenvalue weighted by atomic mass is 10.4. The van der Waals surface area contributed by atoms with Crippen LogP contribution in [0.5, 0.6) is 0 Å². The normalized spacial score (nSPS) is 16.5. The van der Waals surface area contributed by atoms with Gasteiger partial charge in [0.1, 0.15) is 18.3 Å². The Morgan fingerprint density at radius 3 is 1.50 bits per heavy atom. The molecule has 7 heteroatoms. The molecule has 3 atom stereocenters. The maximum absolute atomic E-state index is 9.42. The molecule has 0 rings (SSSR count). The summed E-state index contributed by atoms with van der Waals surface area (Å²) in [4.78, 5) is 0. The Bertz CT molecular complexity index is 179. The molecule has 0 saturated heterocycles. The van der Waals surface area contributed by atoms with E-state index in [1.807, 2.05) is 6.92 Å². The van der Waals surface area contributed by atoms with Gasteiger partial charge in [0.05, 0.1) is 39.6 Å². The summed E-state index contributed by atoms with van der Waals surface area (Å²) in [5.74, 6) is 0. The largest absolute Gasteiger partial charge is 0.394 e. The minimum atomic E-state index is -0.939. The van der Waals surface area contributed by atoms with Crippen LogP contribution in [0.1, 0.15) is 6.92 Å². The number of aliphatic hydroxyl groups is 4. The van der Waals surface area contributed by atoms with E-state index in [2.05, 4.69) is 0 Å². The van der Waals surface area contributed by atoms with Crippen molar-refractivity contribution >= 4 is 0 Å². The molecule has 0 aromatic carbocycles. The van der Waals surface area contributed by atoms with Crippen LogP contribution in [-0.2, 0) is 14.2 Å². The van der Waals surface area contributed by atoms with E-state index in [0.717, 1.165) is 0 Å². The van der Waals surface area contributed by atoms with Gasteiger partial charge in [0.2, 0.25) is 0 Å². The second kappa shape index (κ2) is 11.8. The van der Waals surface area contributed by atoms with Crippen molar-refractivity contribution in [1.29, 1.82) is 0 Å². The molecule has 0 aliphatic heterocycles. The zero-order valence-corrected chi connectivity index (χ0v) is 10.7. The van der Waals surface area contributed by atoms with Gasteiger partial charge in [-0.3, -0.25) is 0 Å². The highest BCUT2D eigenvalue weighted by molar-refractivity contribution is 4.56. The predicted molar refractivity (Wildman–Crippen MR) is 63.2 cm³/mol. The van der Waals surface area contributed by atoms with Crippen molar-refractivity contribution in [3.63, 3.8) is 0 Å². The summed E-state index contributed by atoms with van der Waals surface area (Å²) in [6.07, 6.45) is -2.49. The molecule has 0 aliphatic carbocycles. The molecule has 18 heavy (non-hydrogen) atoms. The third-order valence-corrected chi connectivity index (χ3v) is 1.97. The first-order chi connectivity index (χ1) is 8.60. The van der Waals surface area contributed by atoms with Gasteiger partial charge in [-0.25, -0.2) is 0 Å². The molecule has 0 radical (unpaired) electrons. The molecule has 7 nitrogen and oxygen atoms in total. The van der Waals surface area contributed by atoms with E-state index < -0.39 is 18.3 Å². The van der Waals surface area contributed by atoms with E-state index in [1.165, 1.54) is 0 Å². The summed E-state index contributed by atoms with van der Waals surface area (Å²) < 4.78 is 15.0. The van der Waals surface area contributed by atoms with Gasteiger partial charge in [0.15, 0.2) is 0 Å². The van der Waals surface area contributed by atoms with Gasteiger partial charge in [-0.15, -0.1) is 0 Å². The van der Waals surface area contributed by atoms with Crippen LogP contribution in [0, 0.1) is 0 Å². The fourth-order valence-electron chi connectivity index (χ4n) is 1.08. The van der Waals surface area contributed by atoms with Gasteiger partial charge in [-0.2, -0.15) is 0 Å². The standard InChI is InChI=1S/C11H24O7/c1-2-16-5-10(14)6-18-8-11(15)7-17-4-9(13)3-12/h9-15H,2-8H2,1H3. The molecule has 0 spiro atoms. The topological polar surface area (TPSA) is 109 Å². The number of aliphatic hydroxyl groups excluding tert-OH is 4.